The van der Waals surface area contributed by atoms with Gasteiger partial charge in [0.1, 0.15) is 11.4 Å². The van der Waals surface area contributed by atoms with Gasteiger partial charge in [-0.1, -0.05) is 33.6 Å². The Balaban J connectivity index is 2.90. The first-order chi connectivity index (χ1) is 8.05. The summed E-state index contributed by atoms with van der Waals surface area (Å²) < 4.78 is 12.8. The van der Waals surface area contributed by atoms with E-state index in [1.807, 2.05) is 6.92 Å². The lowest BCUT2D eigenvalue weighted by atomic mass is 9.83. The minimum atomic E-state index is -0.926. The molecule has 0 fully saturated rings. The Morgan fingerprint density at radius 2 is 1.94 bits per heavy atom. The van der Waals surface area contributed by atoms with Crippen molar-refractivity contribution in [3.63, 3.8) is 0 Å². The summed E-state index contributed by atoms with van der Waals surface area (Å²) in [7, 11) is 0. The molecule has 0 aromatic carbocycles. The number of hydrogen-bond donors (Lipinski definition) is 1. The molecule has 0 radical (unpaired) electrons. The van der Waals surface area contributed by atoms with Crippen LogP contribution in [-0.2, 0) is 5.60 Å². The molecule has 0 aliphatic rings. The number of aromatic nitrogens is 1. The monoisotopic (exact) mass is 239 g/mol. The normalized spacial score (nSPS) is 14.9. The Kier molecular flexibility index (Phi) is 5.06. The maximum absolute atomic E-state index is 12.8. The number of nitrogens with zero attached hydrogens (tertiary/aromatic N) is 1. The van der Waals surface area contributed by atoms with Crippen molar-refractivity contribution in [1.82, 2.24) is 4.98 Å². The Bertz CT molecular complexity index is 335. The third kappa shape index (κ3) is 3.50. The molecule has 17 heavy (non-hydrogen) atoms. The molecule has 1 N–H and O–H groups in total. The number of halogens is 1. The van der Waals surface area contributed by atoms with Crippen molar-refractivity contribution in [2.45, 2.75) is 52.1 Å². The molecular formula is C14H22FNO. The third-order valence-electron chi connectivity index (χ3n) is 3.57. The summed E-state index contributed by atoms with van der Waals surface area (Å²) in [6.07, 6.45) is 4.54. The van der Waals surface area contributed by atoms with Gasteiger partial charge >= 0.3 is 0 Å². The Hall–Kier alpha value is -0.960. The summed E-state index contributed by atoms with van der Waals surface area (Å²) in [4.78, 5) is 4.02. The first-order valence-corrected chi connectivity index (χ1v) is 6.40. The molecule has 96 valence electrons. The van der Waals surface area contributed by atoms with Crippen LogP contribution in [0.4, 0.5) is 4.39 Å². The van der Waals surface area contributed by atoms with Crippen LogP contribution in [0.25, 0.3) is 0 Å². The van der Waals surface area contributed by atoms with Gasteiger partial charge in [0.25, 0.3) is 0 Å². The van der Waals surface area contributed by atoms with Gasteiger partial charge in [-0.2, -0.15) is 0 Å². The minimum absolute atomic E-state index is 0.366. The maximum Gasteiger partial charge on any atom is 0.141 e. The molecule has 1 rings (SSSR count). The lowest BCUT2D eigenvalue weighted by Gasteiger charge is -2.30. The lowest BCUT2D eigenvalue weighted by Crippen LogP contribution is -2.29. The van der Waals surface area contributed by atoms with Crippen LogP contribution in [0.2, 0.25) is 0 Å². The molecule has 0 bridgehead atoms. The van der Waals surface area contributed by atoms with Crippen LogP contribution in [-0.4, -0.2) is 10.1 Å². The van der Waals surface area contributed by atoms with Gasteiger partial charge in [0, 0.05) is 0 Å². The van der Waals surface area contributed by atoms with Crippen molar-refractivity contribution in [3.8, 4) is 0 Å². The maximum atomic E-state index is 12.8. The molecule has 1 atom stereocenters. The second kappa shape index (κ2) is 6.10. The van der Waals surface area contributed by atoms with Crippen molar-refractivity contribution in [2.24, 2.45) is 5.92 Å². The van der Waals surface area contributed by atoms with Crippen molar-refractivity contribution in [1.29, 1.82) is 0 Å². The molecule has 0 aliphatic carbocycles. The molecule has 0 saturated heterocycles. The summed E-state index contributed by atoms with van der Waals surface area (Å²) >= 11 is 0. The van der Waals surface area contributed by atoms with E-state index >= 15 is 0 Å². The highest BCUT2D eigenvalue weighted by Gasteiger charge is 2.31. The van der Waals surface area contributed by atoms with Gasteiger partial charge in [-0.15, -0.1) is 0 Å². The van der Waals surface area contributed by atoms with E-state index in [0.29, 0.717) is 24.5 Å². The van der Waals surface area contributed by atoms with Crippen molar-refractivity contribution in [2.75, 3.05) is 0 Å². The van der Waals surface area contributed by atoms with Crippen LogP contribution in [0.3, 0.4) is 0 Å². The highest BCUT2D eigenvalue weighted by Crippen LogP contribution is 2.33. The van der Waals surface area contributed by atoms with Gasteiger partial charge in [-0.25, -0.2) is 4.39 Å². The zero-order chi connectivity index (χ0) is 12.9. The van der Waals surface area contributed by atoms with E-state index in [0.717, 1.165) is 12.8 Å². The standard InChI is InChI=1S/C14H22FNO/c1-4-11(5-2)9-14(17,6-3)13-8-7-12(15)10-16-13/h7-8,10-11,17H,4-6,9H2,1-3H3. The molecule has 1 aromatic heterocycles. The zero-order valence-corrected chi connectivity index (χ0v) is 10.9. The van der Waals surface area contributed by atoms with Gasteiger partial charge in [-0.05, 0) is 30.9 Å². The van der Waals surface area contributed by atoms with Gasteiger partial charge in [0.15, 0.2) is 0 Å². The first-order valence-electron chi connectivity index (χ1n) is 6.40. The van der Waals surface area contributed by atoms with Gasteiger partial charge in [0.2, 0.25) is 0 Å². The molecule has 0 spiro atoms. The van der Waals surface area contributed by atoms with Crippen LogP contribution in [0.15, 0.2) is 18.3 Å². The first kappa shape index (κ1) is 14.1. The van der Waals surface area contributed by atoms with E-state index in [2.05, 4.69) is 18.8 Å². The summed E-state index contributed by atoms with van der Waals surface area (Å²) in [5, 5.41) is 10.6. The molecule has 3 heteroatoms. The van der Waals surface area contributed by atoms with Crippen molar-refractivity contribution < 1.29 is 9.50 Å². The van der Waals surface area contributed by atoms with E-state index in [1.165, 1.54) is 12.3 Å². The Morgan fingerprint density at radius 3 is 2.35 bits per heavy atom. The topological polar surface area (TPSA) is 33.1 Å². The average molecular weight is 239 g/mol. The van der Waals surface area contributed by atoms with Gasteiger partial charge in [0.05, 0.1) is 11.9 Å². The second-order valence-corrected chi connectivity index (χ2v) is 4.63. The highest BCUT2D eigenvalue weighted by atomic mass is 19.1. The van der Waals surface area contributed by atoms with Gasteiger partial charge < -0.3 is 5.11 Å². The van der Waals surface area contributed by atoms with Crippen molar-refractivity contribution in [3.05, 3.63) is 29.8 Å². The van der Waals surface area contributed by atoms with Crippen LogP contribution < -0.4 is 0 Å². The summed E-state index contributed by atoms with van der Waals surface area (Å²) in [6, 6.07) is 2.94. The predicted octanol–water partition coefficient (Wildman–Crippen LogP) is 3.64. The molecule has 0 saturated carbocycles. The van der Waals surface area contributed by atoms with Gasteiger partial charge in [-0.3, -0.25) is 4.98 Å². The molecule has 1 unspecified atom stereocenters. The predicted molar refractivity (Wildman–Crippen MR) is 67.1 cm³/mol. The third-order valence-corrected chi connectivity index (χ3v) is 3.57. The average Bonchev–Trinajstić information content (AvgIpc) is 2.36. The Morgan fingerprint density at radius 1 is 1.29 bits per heavy atom. The summed E-state index contributed by atoms with van der Waals surface area (Å²) in [5.74, 6) is 0.113. The van der Waals surface area contributed by atoms with E-state index in [9.17, 15) is 9.50 Å². The van der Waals surface area contributed by atoms with E-state index in [-0.39, 0.29) is 5.82 Å². The molecular weight excluding hydrogens is 217 g/mol. The van der Waals surface area contributed by atoms with E-state index < -0.39 is 5.60 Å². The fourth-order valence-electron chi connectivity index (χ4n) is 2.14. The molecule has 0 amide bonds. The van der Waals surface area contributed by atoms with Crippen molar-refractivity contribution >= 4 is 0 Å². The Labute approximate surface area is 103 Å². The van der Waals surface area contributed by atoms with Crippen LogP contribution in [0, 0.1) is 11.7 Å². The molecule has 2 nitrogen and oxygen atoms in total. The largest absolute Gasteiger partial charge is 0.384 e. The van der Waals surface area contributed by atoms with Crippen LogP contribution >= 0.6 is 0 Å². The number of aliphatic hydroxyl groups is 1. The fourth-order valence-corrected chi connectivity index (χ4v) is 2.14. The smallest absolute Gasteiger partial charge is 0.141 e. The number of rotatable bonds is 6. The SMILES string of the molecule is CCC(CC)CC(O)(CC)c1ccc(F)cn1. The van der Waals surface area contributed by atoms with E-state index in [4.69, 9.17) is 0 Å². The lowest BCUT2D eigenvalue weighted by molar-refractivity contribution is 0.00158. The molecule has 0 aliphatic heterocycles. The second-order valence-electron chi connectivity index (χ2n) is 4.63. The number of hydrogen-bond acceptors (Lipinski definition) is 2. The van der Waals surface area contributed by atoms with Crippen LogP contribution in [0.5, 0.6) is 0 Å². The highest BCUT2D eigenvalue weighted by molar-refractivity contribution is 5.13. The fraction of sp³-hybridized carbons (Fsp3) is 0.643. The van der Waals surface area contributed by atoms with Crippen LogP contribution in [0.1, 0.15) is 52.1 Å². The summed E-state index contributed by atoms with van der Waals surface area (Å²) in [6.45, 7) is 6.19. The molecule has 1 aromatic rings. The van der Waals surface area contributed by atoms with E-state index in [1.54, 1.807) is 6.07 Å². The minimum Gasteiger partial charge on any atom is -0.384 e. The quantitative estimate of drug-likeness (QED) is 0.822. The summed E-state index contributed by atoms with van der Waals surface area (Å²) in [5.41, 5.74) is -0.349. The molecule has 1 heterocycles. The number of pyridine rings is 1. The zero-order valence-electron chi connectivity index (χ0n) is 10.9.